The molecular formula is C50H32N2O. The zero-order valence-corrected chi connectivity index (χ0v) is 28.8. The largest absolute Gasteiger partial charge is 0.456 e. The maximum atomic E-state index is 6.19. The molecule has 0 aliphatic heterocycles. The van der Waals surface area contributed by atoms with E-state index in [0.717, 1.165) is 83.4 Å². The Balaban J connectivity index is 1.19. The molecule has 10 rings (SSSR count). The van der Waals surface area contributed by atoms with Crippen LogP contribution in [0, 0.1) is 0 Å². The molecule has 2 aromatic heterocycles. The van der Waals surface area contributed by atoms with Crippen LogP contribution in [0.2, 0.25) is 0 Å². The molecule has 0 amide bonds. The second kappa shape index (κ2) is 12.9. The fourth-order valence-corrected chi connectivity index (χ4v) is 7.33. The lowest BCUT2D eigenvalue weighted by Gasteiger charge is -2.14. The summed E-state index contributed by atoms with van der Waals surface area (Å²) >= 11 is 0. The van der Waals surface area contributed by atoms with Gasteiger partial charge in [0.25, 0.3) is 0 Å². The molecule has 0 bridgehead atoms. The minimum Gasteiger partial charge on any atom is -0.456 e. The summed E-state index contributed by atoms with van der Waals surface area (Å²) in [5.41, 5.74) is 13.3. The molecule has 0 atom stereocenters. The van der Waals surface area contributed by atoms with Gasteiger partial charge in [0.15, 0.2) is 5.82 Å². The van der Waals surface area contributed by atoms with E-state index in [2.05, 4.69) is 176 Å². The van der Waals surface area contributed by atoms with Crippen LogP contribution in [-0.4, -0.2) is 9.97 Å². The van der Waals surface area contributed by atoms with E-state index in [1.165, 1.54) is 10.8 Å². The maximum absolute atomic E-state index is 6.19. The Morgan fingerprint density at radius 2 is 0.830 bits per heavy atom. The molecule has 2 heterocycles. The van der Waals surface area contributed by atoms with Crippen molar-refractivity contribution in [1.82, 2.24) is 9.97 Å². The van der Waals surface area contributed by atoms with Gasteiger partial charge < -0.3 is 4.42 Å². The lowest BCUT2D eigenvalue weighted by atomic mass is 9.93. The lowest BCUT2D eigenvalue weighted by molar-refractivity contribution is 0.669. The predicted octanol–water partition coefficient (Wildman–Crippen LogP) is 13.5. The molecule has 0 fully saturated rings. The first-order chi connectivity index (χ1) is 26.2. The third-order valence-electron chi connectivity index (χ3n) is 10.0. The summed E-state index contributed by atoms with van der Waals surface area (Å²) in [5, 5.41) is 4.59. The monoisotopic (exact) mass is 676 g/mol. The van der Waals surface area contributed by atoms with Gasteiger partial charge in [-0.05, 0) is 98.8 Å². The van der Waals surface area contributed by atoms with E-state index in [-0.39, 0.29) is 0 Å². The van der Waals surface area contributed by atoms with Crippen molar-refractivity contribution in [3.63, 3.8) is 0 Å². The van der Waals surface area contributed by atoms with Gasteiger partial charge in [0, 0.05) is 27.5 Å². The summed E-state index contributed by atoms with van der Waals surface area (Å²) in [7, 11) is 0. The Hall–Kier alpha value is -7.10. The van der Waals surface area contributed by atoms with Gasteiger partial charge in [-0.1, -0.05) is 140 Å². The minimum atomic E-state index is 0.682. The molecular weight excluding hydrogens is 645 g/mol. The number of nitrogens with zero attached hydrogens (tertiary/aromatic N) is 2. The Morgan fingerprint density at radius 1 is 0.283 bits per heavy atom. The zero-order valence-electron chi connectivity index (χ0n) is 28.8. The van der Waals surface area contributed by atoms with E-state index in [4.69, 9.17) is 14.4 Å². The summed E-state index contributed by atoms with van der Waals surface area (Å²) < 4.78 is 6.19. The molecule has 0 radical (unpaired) electrons. The summed E-state index contributed by atoms with van der Waals surface area (Å²) in [5.74, 6) is 0.682. The van der Waals surface area contributed by atoms with Gasteiger partial charge >= 0.3 is 0 Å². The number of hydrogen-bond donors (Lipinski definition) is 0. The first kappa shape index (κ1) is 30.7. The van der Waals surface area contributed by atoms with Crippen LogP contribution in [0.4, 0.5) is 0 Å². The highest BCUT2D eigenvalue weighted by Gasteiger charge is 2.16. The molecule has 0 aliphatic carbocycles. The third kappa shape index (κ3) is 5.85. The molecule has 3 heteroatoms. The van der Waals surface area contributed by atoms with E-state index in [1.807, 2.05) is 18.2 Å². The van der Waals surface area contributed by atoms with Gasteiger partial charge in [-0.25, -0.2) is 9.97 Å². The van der Waals surface area contributed by atoms with Crippen LogP contribution in [0.1, 0.15) is 0 Å². The minimum absolute atomic E-state index is 0.682. The number of furan rings is 1. The topological polar surface area (TPSA) is 38.9 Å². The fraction of sp³-hybridized carbons (Fsp3) is 0. The van der Waals surface area contributed by atoms with Crippen LogP contribution in [0.15, 0.2) is 199 Å². The van der Waals surface area contributed by atoms with Crippen LogP contribution in [0.5, 0.6) is 0 Å². The molecule has 248 valence electrons. The highest BCUT2D eigenvalue weighted by Crippen LogP contribution is 2.38. The predicted molar refractivity (Wildman–Crippen MR) is 219 cm³/mol. The molecule has 10 aromatic rings. The van der Waals surface area contributed by atoms with Crippen LogP contribution in [0.25, 0.3) is 100.0 Å². The van der Waals surface area contributed by atoms with Crippen LogP contribution < -0.4 is 0 Å². The van der Waals surface area contributed by atoms with Crippen molar-refractivity contribution in [3.8, 4) is 67.3 Å². The molecule has 0 saturated carbocycles. The zero-order chi connectivity index (χ0) is 35.1. The standard InChI is InChI=1S/C50H32N2O/c1-3-12-33(13-4-1)37-18-11-19-40(27-37)50-51-46(39-23-22-35-16-7-8-17-36(35)26-39)32-47(52-50)43-29-41(34-14-5-2-6-15-34)28-42(30-43)38-24-25-49-45(31-38)44-20-9-10-21-48(44)53-49/h1-32H. The number of benzene rings is 8. The van der Waals surface area contributed by atoms with Gasteiger partial charge in [0.1, 0.15) is 11.2 Å². The molecule has 8 aromatic carbocycles. The Kier molecular flexibility index (Phi) is 7.47. The average Bonchev–Trinajstić information content (AvgIpc) is 3.62. The number of rotatable bonds is 6. The van der Waals surface area contributed by atoms with E-state index in [9.17, 15) is 0 Å². The summed E-state index contributed by atoms with van der Waals surface area (Å²) in [6.45, 7) is 0. The Labute approximate surface area is 307 Å². The molecule has 0 spiro atoms. The van der Waals surface area contributed by atoms with E-state index in [0.29, 0.717) is 5.82 Å². The number of hydrogen-bond acceptors (Lipinski definition) is 3. The van der Waals surface area contributed by atoms with Gasteiger partial charge in [-0.15, -0.1) is 0 Å². The molecule has 0 unspecified atom stereocenters. The Morgan fingerprint density at radius 3 is 1.64 bits per heavy atom. The normalized spacial score (nSPS) is 11.4. The van der Waals surface area contributed by atoms with E-state index >= 15 is 0 Å². The van der Waals surface area contributed by atoms with Gasteiger partial charge in [0.05, 0.1) is 11.4 Å². The van der Waals surface area contributed by atoms with Gasteiger partial charge in [-0.2, -0.15) is 0 Å². The van der Waals surface area contributed by atoms with Crippen LogP contribution in [0.3, 0.4) is 0 Å². The van der Waals surface area contributed by atoms with Crippen molar-refractivity contribution in [1.29, 1.82) is 0 Å². The van der Waals surface area contributed by atoms with E-state index in [1.54, 1.807) is 0 Å². The van der Waals surface area contributed by atoms with Gasteiger partial charge in [0.2, 0.25) is 0 Å². The SMILES string of the molecule is c1ccc(-c2cc(-c3ccc4oc5ccccc5c4c3)cc(-c3cc(-c4ccc5ccccc5c4)nc(-c4cccc(-c5ccccc5)c4)n3)c2)cc1. The van der Waals surface area contributed by atoms with Crippen molar-refractivity contribution in [3.05, 3.63) is 194 Å². The van der Waals surface area contributed by atoms with Crippen molar-refractivity contribution in [2.45, 2.75) is 0 Å². The average molecular weight is 677 g/mol. The first-order valence-corrected chi connectivity index (χ1v) is 17.9. The molecule has 0 aliphatic rings. The summed E-state index contributed by atoms with van der Waals surface area (Å²) in [4.78, 5) is 10.6. The third-order valence-corrected chi connectivity index (χ3v) is 10.0. The van der Waals surface area contributed by atoms with Crippen molar-refractivity contribution < 1.29 is 4.42 Å². The lowest BCUT2D eigenvalue weighted by Crippen LogP contribution is -1.97. The fourth-order valence-electron chi connectivity index (χ4n) is 7.33. The van der Waals surface area contributed by atoms with Crippen molar-refractivity contribution in [2.24, 2.45) is 0 Å². The molecule has 0 saturated heterocycles. The maximum Gasteiger partial charge on any atom is 0.160 e. The summed E-state index contributed by atoms with van der Waals surface area (Å²) in [6, 6.07) is 68.2. The summed E-state index contributed by atoms with van der Waals surface area (Å²) in [6.07, 6.45) is 0. The highest BCUT2D eigenvalue weighted by atomic mass is 16.3. The second-order valence-corrected chi connectivity index (χ2v) is 13.4. The molecule has 53 heavy (non-hydrogen) atoms. The van der Waals surface area contributed by atoms with E-state index < -0.39 is 0 Å². The number of fused-ring (bicyclic) bond motifs is 4. The Bertz CT molecular complexity index is 2950. The number of para-hydroxylation sites is 1. The molecule has 3 nitrogen and oxygen atoms in total. The van der Waals surface area contributed by atoms with Crippen molar-refractivity contribution >= 4 is 32.7 Å². The second-order valence-electron chi connectivity index (χ2n) is 13.4. The van der Waals surface area contributed by atoms with Crippen molar-refractivity contribution in [2.75, 3.05) is 0 Å². The van der Waals surface area contributed by atoms with Crippen LogP contribution in [-0.2, 0) is 0 Å². The highest BCUT2D eigenvalue weighted by molar-refractivity contribution is 6.06. The first-order valence-electron chi connectivity index (χ1n) is 17.9. The van der Waals surface area contributed by atoms with Gasteiger partial charge in [-0.3, -0.25) is 0 Å². The smallest absolute Gasteiger partial charge is 0.160 e. The van der Waals surface area contributed by atoms with Crippen LogP contribution >= 0.6 is 0 Å². The number of aromatic nitrogens is 2. The quantitative estimate of drug-likeness (QED) is 0.176. The molecule has 0 N–H and O–H groups in total.